The number of carbonyl (C=O) groups is 2. The van der Waals surface area contributed by atoms with Crippen molar-refractivity contribution in [2.24, 2.45) is 0 Å². The molecule has 0 saturated carbocycles. The molecule has 0 saturated heterocycles. The third-order valence-corrected chi connectivity index (χ3v) is 2.64. The minimum atomic E-state index is -0.297. The van der Waals surface area contributed by atoms with E-state index < -0.39 is 0 Å². The molecule has 0 N–H and O–H groups in total. The second-order valence-electron chi connectivity index (χ2n) is 4.05. The van der Waals surface area contributed by atoms with Crippen LogP contribution >= 0.6 is 0 Å². The molecule has 0 radical (unpaired) electrons. The van der Waals surface area contributed by atoms with Gasteiger partial charge >= 0.3 is 0 Å². The topological polar surface area (TPSA) is 46.6 Å². The fourth-order valence-electron chi connectivity index (χ4n) is 1.58. The molecule has 0 aliphatic carbocycles. The molecule has 0 aliphatic heterocycles. The molecule has 22 heavy (non-hydrogen) atoms. The molecular weight excluding hydrogens is 278 g/mol. The van der Waals surface area contributed by atoms with E-state index in [4.69, 9.17) is 4.84 Å². The van der Waals surface area contributed by atoms with Crippen molar-refractivity contribution >= 4 is 12.2 Å². The minimum Gasteiger partial charge on any atom is -0.298 e. The Labute approximate surface area is 134 Å². The van der Waals surface area contributed by atoms with Gasteiger partial charge in [0.2, 0.25) is 0 Å². The normalized spacial score (nSPS) is 8.73. The van der Waals surface area contributed by atoms with Crippen LogP contribution in [0.2, 0.25) is 0 Å². The second-order valence-corrected chi connectivity index (χ2v) is 4.05. The van der Waals surface area contributed by atoms with E-state index >= 15 is 0 Å². The van der Waals surface area contributed by atoms with Crippen LogP contribution in [0, 0.1) is 0 Å². The van der Waals surface area contributed by atoms with E-state index in [1.807, 2.05) is 13.8 Å². The van der Waals surface area contributed by atoms with Gasteiger partial charge in [-0.2, -0.15) is 0 Å². The van der Waals surface area contributed by atoms with E-state index in [0.29, 0.717) is 24.0 Å². The largest absolute Gasteiger partial charge is 0.298 e. The van der Waals surface area contributed by atoms with E-state index in [1.54, 1.807) is 31.3 Å². The Morgan fingerprint density at radius 1 is 1.23 bits per heavy atom. The van der Waals surface area contributed by atoms with Gasteiger partial charge in [-0.15, -0.1) is 13.2 Å². The van der Waals surface area contributed by atoms with E-state index in [1.165, 1.54) is 5.06 Å². The highest BCUT2D eigenvalue weighted by Gasteiger charge is 2.15. The van der Waals surface area contributed by atoms with E-state index in [2.05, 4.69) is 20.1 Å². The van der Waals surface area contributed by atoms with E-state index in [0.717, 1.165) is 19.3 Å². The minimum absolute atomic E-state index is 0.297. The van der Waals surface area contributed by atoms with Crippen LogP contribution in [0.3, 0.4) is 0 Å². The van der Waals surface area contributed by atoms with Crippen LogP contribution < -0.4 is 0 Å². The lowest BCUT2D eigenvalue weighted by atomic mass is 10.1. The molecule has 0 aliphatic rings. The molecular formula is C18H29NO3. The molecule has 124 valence electrons. The van der Waals surface area contributed by atoms with Gasteiger partial charge < -0.3 is 0 Å². The lowest BCUT2D eigenvalue weighted by Crippen LogP contribution is -2.28. The van der Waals surface area contributed by atoms with Crippen molar-refractivity contribution in [1.82, 2.24) is 5.06 Å². The van der Waals surface area contributed by atoms with Crippen LogP contribution in [0.1, 0.15) is 60.7 Å². The summed E-state index contributed by atoms with van der Waals surface area (Å²) in [6, 6.07) is 6.69. The summed E-state index contributed by atoms with van der Waals surface area (Å²) in [6.45, 7) is 12.6. The molecule has 1 amide bonds. The smallest absolute Gasteiger partial charge is 0.277 e. The zero-order valence-corrected chi connectivity index (χ0v) is 14.3. The predicted octanol–water partition coefficient (Wildman–Crippen LogP) is 4.52. The molecule has 4 nitrogen and oxygen atoms in total. The summed E-state index contributed by atoms with van der Waals surface area (Å²) in [6.07, 6.45) is 3.78. The Morgan fingerprint density at radius 3 is 2.36 bits per heavy atom. The van der Waals surface area contributed by atoms with Crippen molar-refractivity contribution in [3.8, 4) is 0 Å². The molecule has 0 bridgehead atoms. The Balaban J connectivity index is 0. The summed E-state index contributed by atoms with van der Waals surface area (Å²) in [5.74, 6) is -0.297. The van der Waals surface area contributed by atoms with Crippen molar-refractivity contribution in [3.05, 3.63) is 48.6 Å². The average molecular weight is 307 g/mol. The third-order valence-electron chi connectivity index (χ3n) is 2.64. The summed E-state index contributed by atoms with van der Waals surface area (Å²) >= 11 is 0. The summed E-state index contributed by atoms with van der Waals surface area (Å²) in [4.78, 5) is 28.2. The molecule has 4 heteroatoms. The maximum Gasteiger partial charge on any atom is 0.277 e. The maximum atomic E-state index is 12.0. The van der Waals surface area contributed by atoms with Crippen LogP contribution in [0.4, 0.5) is 0 Å². The number of unbranched alkanes of at least 4 members (excludes halogenated alkanes) is 2. The first-order valence-corrected chi connectivity index (χ1v) is 7.66. The molecule has 0 atom stereocenters. The Morgan fingerprint density at radius 2 is 1.82 bits per heavy atom. The number of amides is 1. The molecule has 0 aromatic heterocycles. The summed E-state index contributed by atoms with van der Waals surface area (Å²) in [5, 5.41) is 1.19. The number of nitrogens with zero attached hydrogens (tertiary/aromatic N) is 1. The number of carbonyl (C=O) groups excluding carboxylic acids is 2. The van der Waals surface area contributed by atoms with Crippen molar-refractivity contribution < 1.29 is 14.4 Å². The van der Waals surface area contributed by atoms with Crippen LogP contribution in [0.5, 0.6) is 0 Å². The number of aldehydes is 1. The Bertz CT molecular complexity index is 419. The lowest BCUT2D eigenvalue weighted by Gasteiger charge is -2.17. The van der Waals surface area contributed by atoms with Gasteiger partial charge in [-0.25, -0.2) is 5.06 Å². The molecule has 0 spiro atoms. The first-order chi connectivity index (χ1) is 10.7. The zero-order valence-electron chi connectivity index (χ0n) is 14.3. The summed E-state index contributed by atoms with van der Waals surface area (Å²) in [5.41, 5.74) is 0.747. The van der Waals surface area contributed by atoms with Crippen LogP contribution in [0.25, 0.3) is 0 Å². The number of rotatable bonds is 7. The summed E-state index contributed by atoms with van der Waals surface area (Å²) < 4.78 is 0. The summed E-state index contributed by atoms with van der Waals surface area (Å²) in [7, 11) is 1.57. The van der Waals surface area contributed by atoms with Gasteiger partial charge in [0.25, 0.3) is 5.91 Å². The van der Waals surface area contributed by atoms with Crippen molar-refractivity contribution in [3.63, 3.8) is 0 Å². The van der Waals surface area contributed by atoms with Crippen LogP contribution in [0.15, 0.2) is 37.4 Å². The first-order valence-electron chi connectivity index (χ1n) is 7.66. The Hall–Kier alpha value is -1.94. The first kappa shape index (κ1) is 22.3. The van der Waals surface area contributed by atoms with E-state index in [9.17, 15) is 9.59 Å². The molecule has 1 rings (SSSR count). The van der Waals surface area contributed by atoms with Crippen molar-refractivity contribution in [2.45, 2.75) is 40.0 Å². The van der Waals surface area contributed by atoms with Gasteiger partial charge in [-0.05, 0) is 12.5 Å². The number of hydroxylamine groups is 2. The lowest BCUT2D eigenvalue weighted by molar-refractivity contribution is -0.106. The molecule has 0 heterocycles. The van der Waals surface area contributed by atoms with Gasteiger partial charge in [0.05, 0.1) is 12.2 Å². The standard InChI is InChI=1S/C14H19NO3.C2H6.C2H4/c1-3-4-7-10-18-15(2)14(17)13-9-6-5-8-12(13)11-16;2*1-2/h5-6,8-9,11H,3-4,7,10H2,1-2H3;1-2H3;1-2H2. The molecule has 0 unspecified atom stereocenters. The monoisotopic (exact) mass is 307 g/mol. The number of hydrogen-bond donors (Lipinski definition) is 0. The zero-order chi connectivity index (χ0) is 17.4. The third kappa shape index (κ3) is 8.37. The highest BCUT2D eigenvalue weighted by atomic mass is 16.7. The molecule has 1 aromatic rings. The van der Waals surface area contributed by atoms with Crippen LogP contribution in [-0.2, 0) is 4.84 Å². The predicted molar refractivity (Wildman–Crippen MR) is 92.0 cm³/mol. The average Bonchev–Trinajstić information content (AvgIpc) is 2.61. The maximum absolute atomic E-state index is 12.0. The fraction of sp³-hybridized carbons (Fsp3) is 0.444. The second kappa shape index (κ2) is 15.4. The fourth-order valence-corrected chi connectivity index (χ4v) is 1.58. The van der Waals surface area contributed by atoms with Gasteiger partial charge in [0, 0.05) is 12.6 Å². The van der Waals surface area contributed by atoms with Crippen molar-refractivity contribution in [2.75, 3.05) is 13.7 Å². The van der Waals surface area contributed by atoms with Gasteiger partial charge in [-0.1, -0.05) is 51.8 Å². The Kier molecular flexibility index (Phi) is 15.7. The SMILES string of the molecule is C=C.CC.CCCCCON(C)C(=O)c1ccccc1C=O. The van der Waals surface area contributed by atoms with Gasteiger partial charge in [0.1, 0.15) is 0 Å². The number of benzene rings is 1. The molecule has 0 fully saturated rings. The van der Waals surface area contributed by atoms with E-state index in [-0.39, 0.29) is 5.91 Å². The molecule has 1 aromatic carbocycles. The van der Waals surface area contributed by atoms with Gasteiger partial charge in [0.15, 0.2) is 6.29 Å². The quantitative estimate of drug-likeness (QED) is 0.322. The highest BCUT2D eigenvalue weighted by molar-refractivity contribution is 6.00. The van der Waals surface area contributed by atoms with Crippen molar-refractivity contribution in [1.29, 1.82) is 0 Å². The highest BCUT2D eigenvalue weighted by Crippen LogP contribution is 2.09. The van der Waals surface area contributed by atoms with Crippen LogP contribution in [-0.4, -0.2) is 30.9 Å². The van der Waals surface area contributed by atoms with Gasteiger partial charge in [-0.3, -0.25) is 14.4 Å². The number of hydrogen-bond acceptors (Lipinski definition) is 3.